The largest absolute Gasteiger partial charge is 0.497 e. The quantitative estimate of drug-likeness (QED) is 0.840. The molecule has 24 heavy (non-hydrogen) atoms. The van der Waals surface area contributed by atoms with Crippen LogP contribution in [-0.2, 0) is 4.79 Å². The number of methoxy groups -OCH3 is 1. The highest BCUT2D eigenvalue weighted by atomic mass is 32.2. The second kappa shape index (κ2) is 6.36. The van der Waals surface area contributed by atoms with Crippen molar-refractivity contribution in [1.82, 2.24) is 0 Å². The van der Waals surface area contributed by atoms with Crippen LogP contribution in [0.15, 0.2) is 64.7 Å². The van der Waals surface area contributed by atoms with E-state index in [0.717, 1.165) is 41.1 Å². The molecule has 0 saturated heterocycles. The van der Waals surface area contributed by atoms with Crippen LogP contribution in [0.1, 0.15) is 30.1 Å². The lowest BCUT2D eigenvalue weighted by atomic mass is 9.89. The van der Waals surface area contributed by atoms with Crippen LogP contribution in [0.3, 0.4) is 0 Å². The number of ketones is 1. The number of carbonyl (C=O) groups excluding carboxylic acids is 1. The highest BCUT2D eigenvalue weighted by molar-refractivity contribution is 8.00. The zero-order valence-corrected chi connectivity index (χ0v) is 14.4. The lowest BCUT2D eigenvalue weighted by molar-refractivity contribution is -0.116. The van der Waals surface area contributed by atoms with Crippen molar-refractivity contribution in [1.29, 1.82) is 0 Å². The van der Waals surface area contributed by atoms with Gasteiger partial charge in [0, 0.05) is 22.6 Å². The molecule has 1 atom stereocenters. The van der Waals surface area contributed by atoms with Crippen molar-refractivity contribution >= 4 is 23.2 Å². The average Bonchev–Trinajstić information content (AvgIpc) is 2.79. The van der Waals surface area contributed by atoms with Crippen LogP contribution in [0.25, 0.3) is 0 Å². The number of nitrogens with one attached hydrogen (secondary N) is 1. The Morgan fingerprint density at radius 2 is 1.88 bits per heavy atom. The van der Waals surface area contributed by atoms with Crippen LogP contribution in [-0.4, -0.2) is 12.9 Å². The summed E-state index contributed by atoms with van der Waals surface area (Å²) < 4.78 is 5.27. The van der Waals surface area contributed by atoms with Gasteiger partial charge < -0.3 is 10.1 Å². The van der Waals surface area contributed by atoms with Crippen LogP contribution in [0, 0.1) is 0 Å². The number of ether oxygens (including phenoxy) is 1. The minimum atomic E-state index is 0.0230. The second-order valence-electron chi connectivity index (χ2n) is 6.06. The van der Waals surface area contributed by atoms with Gasteiger partial charge in [0.1, 0.15) is 5.75 Å². The van der Waals surface area contributed by atoms with Crippen LogP contribution in [0.2, 0.25) is 0 Å². The molecule has 2 aromatic rings. The van der Waals surface area contributed by atoms with Crippen molar-refractivity contribution in [2.45, 2.75) is 29.4 Å². The number of thioether (sulfide) groups is 1. The smallest absolute Gasteiger partial charge is 0.162 e. The van der Waals surface area contributed by atoms with Gasteiger partial charge in [-0.3, -0.25) is 4.79 Å². The predicted octanol–water partition coefficient (Wildman–Crippen LogP) is 4.96. The molecule has 0 aromatic heterocycles. The van der Waals surface area contributed by atoms with E-state index in [0.29, 0.717) is 6.42 Å². The van der Waals surface area contributed by atoms with Gasteiger partial charge >= 0.3 is 0 Å². The summed E-state index contributed by atoms with van der Waals surface area (Å²) in [6, 6.07) is 16.3. The molecule has 0 saturated carbocycles. The van der Waals surface area contributed by atoms with Gasteiger partial charge in [0.2, 0.25) is 0 Å². The predicted molar refractivity (Wildman–Crippen MR) is 97.5 cm³/mol. The van der Waals surface area contributed by atoms with Crippen molar-refractivity contribution in [2.24, 2.45) is 0 Å². The van der Waals surface area contributed by atoms with Crippen LogP contribution in [0.4, 0.5) is 5.69 Å². The number of fused-ring (bicyclic) bond motifs is 1. The van der Waals surface area contributed by atoms with Gasteiger partial charge in [-0.25, -0.2) is 0 Å². The Balaban J connectivity index is 1.83. The van der Waals surface area contributed by atoms with E-state index in [1.807, 2.05) is 24.3 Å². The number of hydrogen-bond donors (Lipinski definition) is 1. The molecule has 1 aliphatic carbocycles. The molecular weight excluding hydrogens is 318 g/mol. The zero-order chi connectivity index (χ0) is 16.5. The number of anilines is 1. The summed E-state index contributed by atoms with van der Waals surface area (Å²) in [6.07, 6.45) is 2.50. The monoisotopic (exact) mass is 337 g/mol. The number of allylic oxidation sites excluding steroid dienone is 1. The van der Waals surface area contributed by atoms with E-state index >= 15 is 0 Å². The van der Waals surface area contributed by atoms with Gasteiger partial charge in [0.25, 0.3) is 0 Å². The summed E-state index contributed by atoms with van der Waals surface area (Å²) in [4.78, 5) is 13.9. The molecule has 0 radical (unpaired) electrons. The standard InChI is InChI=1S/C20H19NO2S/c1-23-14-11-9-13(10-12-14)20-19-16(6-4-7-17(19)22)21-15-5-2-3-8-18(15)24-20/h2-3,5,8-12,20-21H,4,6-7H2,1H3/t20-/m0/s1. The molecule has 1 N–H and O–H groups in total. The van der Waals surface area contributed by atoms with Gasteiger partial charge in [-0.2, -0.15) is 0 Å². The minimum absolute atomic E-state index is 0.0230. The molecule has 4 heteroatoms. The molecule has 2 aliphatic rings. The summed E-state index contributed by atoms with van der Waals surface area (Å²) in [5.41, 5.74) is 4.26. The van der Waals surface area contributed by atoms with Gasteiger partial charge in [-0.05, 0) is 42.7 Å². The minimum Gasteiger partial charge on any atom is -0.497 e. The fraction of sp³-hybridized carbons (Fsp3) is 0.250. The van der Waals surface area contributed by atoms with E-state index in [-0.39, 0.29) is 11.0 Å². The van der Waals surface area contributed by atoms with Crippen molar-refractivity contribution in [3.05, 3.63) is 65.4 Å². The number of rotatable bonds is 2. The van der Waals surface area contributed by atoms with Crippen molar-refractivity contribution in [3.63, 3.8) is 0 Å². The van der Waals surface area contributed by atoms with Gasteiger partial charge in [0.05, 0.1) is 18.0 Å². The molecule has 2 aromatic carbocycles. The van der Waals surface area contributed by atoms with Gasteiger partial charge in [0.15, 0.2) is 5.78 Å². The SMILES string of the molecule is COc1ccc([C@@H]2Sc3ccccc3NC3=C2C(=O)CCC3)cc1. The maximum Gasteiger partial charge on any atom is 0.162 e. The van der Waals surface area contributed by atoms with E-state index in [1.54, 1.807) is 18.9 Å². The number of para-hydroxylation sites is 1. The van der Waals surface area contributed by atoms with Gasteiger partial charge in [-0.1, -0.05) is 24.3 Å². The molecule has 4 rings (SSSR count). The number of Topliss-reactive ketones (excluding diaryl/α,β-unsaturated/α-hetero) is 1. The van der Waals surface area contributed by atoms with Crippen LogP contribution in [0.5, 0.6) is 5.75 Å². The molecule has 1 aliphatic heterocycles. The fourth-order valence-electron chi connectivity index (χ4n) is 3.33. The first-order chi connectivity index (χ1) is 11.8. The lowest BCUT2D eigenvalue weighted by Crippen LogP contribution is -2.19. The Labute approximate surface area is 146 Å². The Hall–Kier alpha value is -2.20. The van der Waals surface area contributed by atoms with Crippen LogP contribution >= 0.6 is 11.8 Å². The first-order valence-corrected chi connectivity index (χ1v) is 9.07. The number of hydrogen-bond acceptors (Lipinski definition) is 4. The Kier molecular flexibility index (Phi) is 4.07. The molecular formula is C20H19NO2S. The molecule has 0 bridgehead atoms. The van der Waals surface area contributed by atoms with Crippen LogP contribution < -0.4 is 10.1 Å². The Bertz CT molecular complexity index is 811. The summed E-state index contributed by atoms with van der Waals surface area (Å²) in [5, 5.41) is 3.55. The summed E-state index contributed by atoms with van der Waals surface area (Å²) in [6.45, 7) is 0. The van der Waals surface area contributed by atoms with E-state index < -0.39 is 0 Å². The fourth-order valence-corrected chi connectivity index (χ4v) is 4.67. The van der Waals surface area contributed by atoms with Crippen molar-refractivity contribution < 1.29 is 9.53 Å². The number of benzene rings is 2. The first-order valence-electron chi connectivity index (χ1n) is 8.19. The topological polar surface area (TPSA) is 38.3 Å². The maximum atomic E-state index is 12.7. The molecule has 0 fully saturated rings. The molecule has 0 spiro atoms. The molecule has 3 nitrogen and oxygen atoms in total. The van der Waals surface area contributed by atoms with Crippen molar-refractivity contribution in [3.8, 4) is 5.75 Å². The zero-order valence-electron chi connectivity index (χ0n) is 13.5. The molecule has 1 heterocycles. The van der Waals surface area contributed by atoms with Crippen molar-refractivity contribution in [2.75, 3.05) is 12.4 Å². The summed E-state index contributed by atoms with van der Waals surface area (Å²) in [5.74, 6) is 1.10. The summed E-state index contributed by atoms with van der Waals surface area (Å²) in [7, 11) is 1.67. The third kappa shape index (κ3) is 2.71. The normalized spacial score (nSPS) is 19.9. The Morgan fingerprint density at radius 3 is 2.67 bits per heavy atom. The lowest BCUT2D eigenvalue weighted by Gasteiger charge is -2.24. The maximum absolute atomic E-state index is 12.7. The molecule has 0 unspecified atom stereocenters. The van der Waals surface area contributed by atoms with E-state index in [4.69, 9.17) is 4.74 Å². The highest BCUT2D eigenvalue weighted by Crippen LogP contribution is 2.49. The Morgan fingerprint density at radius 1 is 1.08 bits per heavy atom. The highest BCUT2D eigenvalue weighted by Gasteiger charge is 2.32. The van der Waals surface area contributed by atoms with E-state index in [9.17, 15) is 4.79 Å². The second-order valence-corrected chi connectivity index (χ2v) is 7.21. The third-order valence-corrected chi connectivity index (χ3v) is 5.91. The summed E-state index contributed by atoms with van der Waals surface area (Å²) >= 11 is 1.75. The molecule has 0 amide bonds. The van der Waals surface area contributed by atoms with E-state index in [1.165, 1.54) is 4.90 Å². The average molecular weight is 337 g/mol. The third-order valence-electron chi connectivity index (χ3n) is 4.55. The van der Waals surface area contributed by atoms with E-state index in [2.05, 4.69) is 29.6 Å². The first kappa shape index (κ1) is 15.3. The molecule has 122 valence electrons. The van der Waals surface area contributed by atoms with Gasteiger partial charge in [-0.15, -0.1) is 11.8 Å². The number of carbonyl (C=O) groups is 1.